The summed E-state index contributed by atoms with van der Waals surface area (Å²) < 4.78 is 0. The summed E-state index contributed by atoms with van der Waals surface area (Å²) in [5.74, 6) is -0.791. The molecule has 0 aliphatic carbocycles. The van der Waals surface area contributed by atoms with Crippen LogP contribution in [0.3, 0.4) is 0 Å². The molecule has 0 aromatic heterocycles. The van der Waals surface area contributed by atoms with Crippen molar-refractivity contribution >= 4 is 34.7 Å². The topological polar surface area (TPSA) is 58.5 Å². The fourth-order valence-electron chi connectivity index (χ4n) is 1.09. The van der Waals surface area contributed by atoms with E-state index in [1.165, 1.54) is 0 Å². The zero-order valence-electron chi connectivity index (χ0n) is 5.92. The molecular weight excluding hydrogens is 201 g/mol. The van der Waals surface area contributed by atoms with Gasteiger partial charge in [0.05, 0.1) is 12.1 Å². The zero-order valence-corrected chi connectivity index (χ0v) is 7.43. The summed E-state index contributed by atoms with van der Waals surface area (Å²) in [7, 11) is 0. The van der Waals surface area contributed by atoms with Crippen molar-refractivity contribution in [3.05, 3.63) is 10.7 Å². The number of nitrogens with two attached hydrogens (primary N) is 1. The van der Waals surface area contributed by atoms with Gasteiger partial charge in [0.15, 0.2) is 6.29 Å². The molecule has 2 aliphatic rings. The van der Waals surface area contributed by atoms with E-state index < -0.39 is 5.79 Å². The quantitative estimate of drug-likeness (QED) is 0.379. The minimum Gasteiger partial charge on any atom is -0.318 e. The van der Waals surface area contributed by atoms with Gasteiger partial charge in [-0.15, -0.1) is 0 Å². The van der Waals surface area contributed by atoms with Gasteiger partial charge in [0.25, 0.3) is 0 Å². The average molecular weight is 206 g/mol. The van der Waals surface area contributed by atoms with E-state index in [0.717, 1.165) is 0 Å². The molecule has 2 aliphatic heterocycles. The number of allylic oxidation sites excluding steroid dienone is 1. The van der Waals surface area contributed by atoms with Crippen LogP contribution in [0.15, 0.2) is 15.7 Å². The van der Waals surface area contributed by atoms with Crippen LogP contribution >= 0.6 is 23.2 Å². The van der Waals surface area contributed by atoms with Crippen LogP contribution in [-0.4, -0.2) is 28.7 Å². The van der Waals surface area contributed by atoms with Crippen molar-refractivity contribution in [3.8, 4) is 0 Å². The summed E-state index contributed by atoms with van der Waals surface area (Å²) in [6.45, 7) is 0.513. The molecule has 2 heterocycles. The molecule has 12 heavy (non-hydrogen) atoms. The van der Waals surface area contributed by atoms with E-state index in [-0.39, 0.29) is 15.9 Å². The van der Waals surface area contributed by atoms with Crippen LogP contribution in [0.1, 0.15) is 0 Å². The van der Waals surface area contributed by atoms with E-state index in [0.29, 0.717) is 12.8 Å². The van der Waals surface area contributed by atoms with Crippen molar-refractivity contribution in [2.75, 3.05) is 6.54 Å². The molecule has 4 nitrogen and oxygen atoms in total. The lowest BCUT2D eigenvalue weighted by Crippen LogP contribution is -2.31. The van der Waals surface area contributed by atoms with E-state index >= 15 is 0 Å². The monoisotopic (exact) mass is 205 g/mol. The number of fused-ring (bicyclic) bond motifs is 1. The van der Waals surface area contributed by atoms with Crippen LogP contribution in [0.2, 0.25) is 0 Å². The summed E-state index contributed by atoms with van der Waals surface area (Å²) >= 11 is 11.4. The third-order valence-corrected chi connectivity index (χ3v) is 2.54. The molecule has 0 saturated carbocycles. The van der Waals surface area contributed by atoms with E-state index in [2.05, 4.69) is 4.99 Å². The fraction of sp³-hybridized carbons (Fsp3) is 0.333. The highest BCUT2D eigenvalue weighted by molar-refractivity contribution is 6.72. The van der Waals surface area contributed by atoms with Crippen LogP contribution in [0.4, 0.5) is 0 Å². The maximum absolute atomic E-state index is 10.5. The molecule has 0 spiro atoms. The third kappa shape index (κ3) is 0.888. The molecule has 0 aromatic carbocycles. The van der Waals surface area contributed by atoms with Crippen LogP contribution in [0.25, 0.3) is 0 Å². The highest BCUT2D eigenvalue weighted by atomic mass is 35.5. The maximum Gasteiger partial charge on any atom is 0.205 e. The van der Waals surface area contributed by atoms with Crippen LogP contribution in [0.5, 0.6) is 0 Å². The van der Waals surface area contributed by atoms with Crippen LogP contribution in [0, 0.1) is 0 Å². The molecule has 2 rings (SSSR count). The molecule has 1 saturated heterocycles. The second kappa shape index (κ2) is 2.22. The number of halogens is 2. The molecular formula is C6H5Cl2N3O. The number of hydrogen-bond acceptors (Lipinski definition) is 4. The first kappa shape index (κ1) is 8.04. The summed E-state index contributed by atoms with van der Waals surface area (Å²) in [6.07, 6.45) is 0.575. The third-order valence-electron chi connectivity index (χ3n) is 1.85. The second-order valence-corrected chi connectivity index (χ2v) is 3.41. The van der Waals surface area contributed by atoms with Crippen molar-refractivity contribution in [1.82, 2.24) is 4.90 Å². The number of rotatable bonds is 1. The van der Waals surface area contributed by atoms with Gasteiger partial charge >= 0.3 is 0 Å². The van der Waals surface area contributed by atoms with Crippen molar-refractivity contribution < 1.29 is 4.79 Å². The van der Waals surface area contributed by atoms with E-state index in [9.17, 15) is 4.79 Å². The number of aldehydes is 1. The van der Waals surface area contributed by atoms with Gasteiger partial charge in [-0.05, 0) is 0 Å². The van der Waals surface area contributed by atoms with Crippen molar-refractivity contribution in [3.63, 3.8) is 0 Å². The Morgan fingerprint density at radius 3 is 2.92 bits per heavy atom. The number of carbonyl (C=O) groups excluding carboxylic acids is 1. The van der Waals surface area contributed by atoms with Crippen molar-refractivity contribution in [1.29, 1.82) is 0 Å². The van der Waals surface area contributed by atoms with Crippen molar-refractivity contribution in [2.45, 2.75) is 5.79 Å². The van der Waals surface area contributed by atoms with Gasteiger partial charge in [-0.1, -0.05) is 23.2 Å². The molecule has 2 N–H and O–H groups in total. The lowest BCUT2D eigenvalue weighted by atomic mass is 10.3. The van der Waals surface area contributed by atoms with Crippen molar-refractivity contribution in [2.24, 2.45) is 10.7 Å². The summed E-state index contributed by atoms with van der Waals surface area (Å²) in [5.41, 5.74) is 5.87. The lowest BCUT2D eigenvalue weighted by Gasteiger charge is -2.15. The van der Waals surface area contributed by atoms with Gasteiger partial charge in [0, 0.05) is 0 Å². The lowest BCUT2D eigenvalue weighted by molar-refractivity contribution is -0.104. The highest BCUT2D eigenvalue weighted by Crippen LogP contribution is 2.40. The minimum atomic E-state index is -0.791. The highest BCUT2D eigenvalue weighted by Gasteiger charge is 2.53. The number of carbonyl (C=O) groups is 1. The fourth-order valence-corrected chi connectivity index (χ4v) is 1.76. The Morgan fingerprint density at radius 1 is 1.67 bits per heavy atom. The Morgan fingerprint density at radius 2 is 2.33 bits per heavy atom. The molecule has 0 radical (unpaired) electrons. The SMILES string of the molecule is NC12CN1C(Cl)=C(C=O)C(Cl)=N2. The number of aliphatic imine (C=N–C) groups is 1. The molecule has 0 bridgehead atoms. The van der Waals surface area contributed by atoms with E-state index in [1.54, 1.807) is 4.90 Å². The van der Waals surface area contributed by atoms with Gasteiger partial charge < -0.3 is 4.90 Å². The Labute approximate surface area is 78.6 Å². The smallest absolute Gasteiger partial charge is 0.205 e. The maximum atomic E-state index is 10.5. The predicted octanol–water partition coefficient (Wildman–Crippen LogP) is 0.215. The predicted molar refractivity (Wildman–Crippen MR) is 45.9 cm³/mol. The van der Waals surface area contributed by atoms with Gasteiger partial charge in [-0.3, -0.25) is 10.5 Å². The minimum absolute atomic E-state index is 0.0891. The van der Waals surface area contributed by atoms with Gasteiger partial charge in [-0.25, -0.2) is 4.99 Å². The first-order valence-corrected chi connectivity index (χ1v) is 4.01. The molecule has 1 atom stereocenters. The average Bonchev–Trinajstić information content (AvgIpc) is 2.62. The van der Waals surface area contributed by atoms with Gasteiger partial charge in [0.2, 0.25) is 5.79 Å². The van der Waals surface area contributed by atoms with Gasteiger partial charge in [-0.2, -0.15) is 0 Å². The first-order valence-electron chi connectivity index (χ1n) is 3.26. The summed E-state index contributed by atoms with van der Waals surface area (Å²) in [4.78, 5) is 16.0. The standard InChI is InChI=1S/C6H5Cl2N3O/c7-4-3(1-12)5(8)11-2-6(11,9)10-4/h1H,2,9H2. The Kier molecular flexibility index (Phi) is 1.49. The Balaban J connectivity index is 2.47. The molecule has 1 unspecified atom stereocenters. The normalized spacial score (nSPS) is 32.9. The Bertz CT molecular complexity index is 325. The van der Waals surface area contributed by atoms with Crippen LogP contribution < -0.4 is 5.73 Å². The summed E-state index contributed by atoms with van der Waals surface area (Å²) in [6, 6.07) is 0. The molecule has 0 amide bonds. The Hall–Kier alpha value is -0.580. The molecule has 64 valence electrons. The van der Waals surface area contributed by atoms with Gasteiger partial charge in [0.1, 0.15) is 10.3 Å². The summed E-state index contributed by atoms with van der Waals surface area (Å²) in [5, 5.41) is 0.374. The van der Waals surface area contributed by atoms with E-state index in [1.807, 2.05) is 0 Å². The molecule has 6 heteroatoms. The number of hydrogen-bond donors (Lipinski definition) is 1. The van der Waals surface area contributed by atoms with E-state index in [4.69, 9.17) is 28.9 Å². The van der Waals surface area contributed by atoms with Crippen LogP contribution in [-0.2, 0) is 4.79 Å². The zero-order chi connectivity index (χ0) is 8.93. The first-order chi connectivity index (χ1) is 5.58. The number of nitrogens with zero attached hydrogens (tertiary/aromatic N) is 2. The molecule has 0 aromatic rings. The molecule has 1 fully saturated rings. The largest absolute Gasteiger partial charge is 0.318 e. The second-order valence-electron chi connectivity index (χ2n) is 2.69.